The Labute approximate surface area is 93.9 Å². The number of hydrogen-bond acceptors (Lipinski definition) is 3. The lowest BCUT2D eigenvalue weighted by Gasteiger charge is -1.95. The van der Waals surface area contributed by atoms with Crippen LogP contribution in [0.4, 0.5) is 0 Å². The molecule has 15 heavy (non-hydrogen) atoms. The molecule has 4 nitrogen and oxygen atoms in total. The van der Waals surface area contributed by atoms with E-state index in [-0.39, 0.29) is 5.11 Å². The fourth-order valence-corrected chi connectivity index (χ4v) is 0.918. The zero-order chi connectivity index (χ0) is 11.1. The first-order valence-corrected chi connectivity index (χ1v) is 4.77. The number of nitrogens with zero attached hydrogens (tertiary/aromatic N) is 2. The molecule has 0 aliphatic heterocycles. The fraction of sp³-hybridized carbons (Fsp3) is 0.100. The van der Waals surface area contributed by atoms with Crippen molar-refractivity contribution in [1.82, 2.24) is 10.4 Å². The van der Waals surface area contributed by atoms with E-state index in [4.69, 9.17) is 5.73 Å². The standard InChI is InChI=1S/C10H12N4S/c1-8(13-14-10(11)15)4-5-9-3-2-6-12-7-9/h2-7H,1H3,(H3,11,14,15)/b5-4+,13-8+. The van der Waals surface area contributed by atoms with Crippen molar-refractivity contribution in [3.8, 4) is 0 Å². The Kier molecular flexibility index (Phi) is 4.43. The first-order valence-electron chi connectivity index (χ1n) is 4.36. The number of nitrogens with one attached hydrogen (secondary N) is 1. The van der Waals surface area contributed by atoms with Crippen molar-refractivity contribution in [1.29, 1.82) is 0 Å². The van der Waals surface area contributed by atoms with Crippen LogP contribution in [0.3, 0.4) is 0 Å². The Morgan fingerprint density at radius 2 is 2.47 bits per heavy atom. The van der Waals surface area contributed by atoms with Gasteiger partial charge in [-0.05, 0) is 36.8 Å². The van der Waals surface area contributed by atoms with Gasteiger partial charge in [0.15, 0.2) is 5.11 Å². The summed E-state index contributed by atoms with van der Waals surface area (Å²) in [6.45, 7) is 1.85. The predicted molar refractivity (Wildman–Crippen MR) is 66.3 cm³/mol. The Morgan fingerprint density at radius 3 is 3.07 bits per heavy atom. The van der Waals surface area contributed by atoms with E-state index in [0.29, 0.717) is 0 Å². The van der Waals surface area contributed by atoms with Crippen molar-refractivity contribution < 1.29 is 0 Å². The summed E-state index contributed by atoms with van der Waals surface area (Å²) in [5.41, 5.74) is 9.54. The second-order valence-electron chi connectivity index (χ2n) is 2.85. The smallest absolute Gasteiger partial charge is 0.184 e. The van der Waals surface area contributed by atoms with Gasteiger partial charge in [0.05, 0.1) is 5.71 Å². The van der Waals surface area contributed by atoms with Crippen molar-refractivity contribution in [2.75, 3.05) is 0 Å². The summed E-state index contributed by atoms with van der Waals surface area (Å²) < 4.78 is 0. The Hall–Kier alpha value is -1.75. The number of nitrogens with two attached hydrogens (primary N) is 1. The van der Waals surface area contributed by atoms with E-state index in [9.17, 15) is 0 Å². The van der Waals surface area contributed by atoms with Gasteiger partial charge in [0.2, 0.25) is 0 Å². The van der Waals surface area contributed by atoms with E-state index in [0.717, 1.165) is 11.3 Å². The lowest BCUT2D eigenvalue weighted by atomic mass is 10.2. The lowest BCUT2D eigenvalue weighted by Crippen LogP contribution is -2.24. The average Bonchev–Trinajstić information content (AvgIpc) is 2.25. The number of pyridine rings is 1. The van der Waals surface area contributed by atoms with Crippen LogP contribution in [0.15, 0.2) is 35.7 Å². The van der Waals surface area contributed by atoms with Crippen molar-refractivity contribution >= 4 is 29.1 Å². The highest BCUT2D eigenvalue weighted by atomic mass is 32.1. The summed E-state index contributed by atoms with van der Waals surface area (Å²) in [6.07, 6.45) is 7.26. The molecular weight excluding hydrogens is 208 g/mol. The topological polar surface area (TPSA) is 63.3 Å². The van der Waals surface area contributed by atoms with Crippen molar-refractivity contribution in [2.24, 2.45) is 10.8 Å². The molecule has 0 spiro atoms. The van der Waals surface area contributed by atoms with Gasteiger partial charge in [0.1, 0.15) is 0 Å². The van der Waals surface area contributed by atoms with Crippen LogP contribution in [0.1, 0.15) is 12.5 Å². The van der Waals surface area contributed by atoms with Crippen LogP contribution in [0.5, 0.6) is 0 Å². The van der Waals surface area contributed by atoms with E-state index >= 15 is 0 Å². The molecule has 0 amide bonds. The SMILES string of the molecule is CC(/C=C/c1cccnc1)=N\NC(N)=S. The summed E-state index contributed by atoms with van der Waals surface area (Å²) in [5, 5.41) is 4.09. The van der Waals surface area contributed by atoms with Crippen molar-refractivity contribution in [3.05, 3.63) is 36.2 Å². The minimum absolute atomic E-state index is 0.157. The molecule has 0 saturated carbocycles. The minimum atomic E-state index is 0.157. The zero-order valence-corrected chi connectivity index (χ0v) is 9.16. The molecule has 1 aromatic rings. The minimum Gasteiger partial charge on any atom is -0.375 e. The molecule has 1 rings (SSSR count). The van der Waals surface area contributed by atoms with Gasteiger partial charge in [-0.3, -0.25) is 10.4 Å². The first kappa shape index (κ1) is 11.3. The van der Waals surface area contributed by atoms with Gasteiger partial charge in [0.25, 0.3) is 0 Å². The van der Waals surface area contributed by atoms with Crippen molar-refractivity contribution in [2.45, 2.75) is 6.92 Å². The molecule has 0 aliphatic carbocycles. The molecule has 0 aliphatic rings. The molecule has 0 saturated heterocycles. The molecule has 0 atom stereocenters. The molecule has 1 aromatic heterocycles. The van der Waals surface area contributed by atoms with Crippen LogP contribution in [0.25, 0.3) is 6.08 Å². The van der Waals surface area contributed by atoms with Gasteiger partial charge in [-0.2, -0.15) is 5.10 Å². The number of rotatable bonds is 3. The molecule has 0 bridgehead atoms. The van der Waals surface area contributed by atoms with Crippen LogP contribution in [-0.2, 0) is 0 Å². The third-order valence-corrected chi connectivity index (χ3v) is 1.64. The summed E-state index contributed by atoms with van der Waals surface area (Å²) in [4.78, 5) is 3.99. The lowest BCUT2D eigenvalue weighted by molar-refractivity contribution is 1.03. The molecule has 0 fully saturated rings. The predicted octanol–water partition coefficient (Wildman–Crippen LogP) is 1.30. The Bertz CT molecular complexity index is 384. The number of hydrazone groups is 1. The van der Waals surface area contributed by atoms with Crippen LogP contribution < -0.4 is 11.2 Å². The molecule has 3 N–H and O–H groups in total. The highest BCUT2D eigenvalue weighted by Crippen LogP contribution is 1.98. The van der Waals surface area contributed by atoms with Gasteiger partial charge < -0.3 is 5.73 Å². The molecule has 0 radical (unpaired) electrons. The monoisotopic (exact) mass is 220 g/mol. The number of hydrogen-bond donors (Lipinski definition) is 2. The summed E-state index contributed by atoms with van der Waals surface area (Å²) >= 11 is 4.62. The number of allylic oxidation sites excluding steroid dienone is 1. The molecular formula is C10H12N4S. The molecule has 78 valence electrons. The summed E-state index contributed by atoms with van der Waals surface area (Å²) in [7, 11) is 0. The highest BCUT2D eigenvalue weighted by Gasteiger charge is 1.87. The molecule has 5 heteroatoms. The normalized spacial score (nSPS) is 11.7. The van der Waals surface area contributed by atoms with E-state index in [1.165, 1.54) is 0 Å². The third-order valence-electron chi connectivity index (χ3n) is 1.54. The quantitative estimate of drug-likeness (QED) is 0.458. The second-order valence-corrected chi connectivity index (χ2v) is 3.29. The second kappa shape index (κ2) is 5.87. The first-order chi connectivity index (χ1) is 7.18. The van der Waals surface area contributed by atoms with E-state index in [1.54, 1.807) is 12.4 Å². The van der Waals surface area contributed by atoms with Crippen LogP contribution in [0, 0.1) is 0 Å². The maximum absolute atomic E-state index is 5.23. The third kappa shape index (κ3) is 4.87. The van der Waals surface area contributed by atoms with E-state index < -0.39 is 0 Å². The van der Waals surface area contributed by atoms with Gasteiger partial charge in [-0.25, -0.2) is 0 Å². The molecule has 0 unspecified atom stereocenters. The van der Waals surface area contributed by atoms with Gasteiger partial charge >= 0.3 is 0 Å². The molecule has 1 heterocycles. The van der Waals surface area contributed by atoms with Gasteiger partial charge in [-0.15, -0.1) is 0 Å². The number of thiocarbonyl (C=S) groups is 1. The molecule has 0 aromatic carbocycles. The van der Waals surface area contributed by atoms with Crippen LogP contribution >= 0.6 is 12.2 Å². The maximum Gasteiger partial charge on any atom is 0.184 e. The van der Waals surface area contributed by atoms with E-state index in [2.05, 4.69) is 27.7 Å². The maximum atomic E-state index is 5.23. The Balaban J connectivity index is 2.58. The van der Waals surface area contributed by atoms with Gasteiger partial charge in [-0.1, -0.05) is 12.1 Å². The average molecular weight is 220 g/mol. The zero-order valence-electron chi connectivity index (χ0n) is 8.34. The fourth-order valence-electron chi connectivity index (χ4n) is 0.872. The summed E-state index contributed by atoms with van der Waals surface area (Å²) in [6, 6.07) is 3.83. The van der Waals surface area contributed by atoms with E-state index in [1.807, 2.05) is 31.2 Å². The summed E-state index contributed by atoms with van der Waals surface area (Å²) in [5.74, 6) is 0. The largest absolute Gasteiger partial charge is 0.375 e. The number of aromatic nitrogens is 1. The van der Waals surface area contributed by atoms with Crippen molar-refractivity contribution in [3.63, 3.8) is 0 Å². The van der Waals surface area contributed by atoms with Crippen LogP contribution in [-0.4, -0.2) is 15.8 Å². The Morgan fingerprint density at radius 1 is 1.67 bits per heavy atom. The van der Waals surface area contributed by atoms with Gasteiger partial charge in [0, 0.05) is 12.4 Å². The van der Waals surface area contributed by atoms with Crippen LogP contribution in [0.2, 0.25) is 0 Å². The highest BCUT2D eigenvalue weighted by molar-refractivity contribution is 7.80.